The Morgan fingerprint density at radius 3 is 2.61 bits per heavy atom. The van der Waals surface area contributed by atoms with Gasteiger partial charge in [0.1, 0.15) is 18.0 Å². The molecule has 2 unspecified atom stereocenters. The van der Waals surface area contributed by atoms with Crippen LogP contribution < -0.4 is 0 Å². The number of ether oxygens (including phenoxy) is 1. The van der Waals surface area contributed by atoms with Crippen LogP contribution in [0.1, 0.15) is 77.4 Å². The summed E-state index contributed by atoms with van der Waals surface area (Å²) in [6.45, 7) is 10.7. The summed E-state index contributed by atoms with van der Waals surface area (Å²) < 4.78 is 5.88. The number of fused-ring (bicyclic) bond motifs is 1. The highest BCUT2D eigenvalue weighted by molar-refractivity contribution is 7.09. The van der Waals surface area contributed by atoms with Crippen molar-refractivity contribution in [2.75, 3.05) is 0 Å². The molecule has 2 aliphatic heterocycles. The average Bonchev–Trinajstić information content (AvgIpc) is 3.44. The van der Waals surface area contributed by atoms with Gasteiger partial charge in [-0.05, 0) is 44.3 Å². The number of aliphatic hydroxyl groups excluding tert-OH is 2. The minimum Gasteiger partial charge on any atom is -0.458 e. The number of hydrogen-bond acceptors (Lipinski definition) is 9. The molecule has 0 amide bonds. The molecule has 0 saturated carbocycles. The van der Waals surface area contributed by atoms with E-state index in [9.17, 15) is 19.8 Å². The van der Waals surface area contributed by atoms with Crippen molar-refractivity contribution in [2.24, 2.45) is 28.3 Å². The molecule has 0 aromatic carbocycles. The zero-order chi connectivity index (χ0) is 26.6. The molecule has 1 saturated heterocycles. The highest BCUT2D eigenvalue weighted by atomic mass is 32.1. The van der Waals surface area contributed by atoms with Crippen molar-refractivity contribution in [3.05, 3.63) is 21.7 Å². The first-order chi connectivity index (χ1) is 16.9. The first kappa shape index (κ1) is 28.5. The standard InChI is InChI=1S/C27H40N2O6S/c1-15-8-7-9-19-13-28-35-22(19)11-21(16(2)10-20-14-36-18(4)29-20)34-24(31)12-23(30)27(5,6)26(33)17(3)25(15)32/h10,13-15,17,19,21-23,25,30,32H,7-9,11-12H2,1-6H3/b16-10+/t15-,17+,19?,21-,22?,23-,25-/m0/s1. The van der Waals surface area contributed by atoms with Crippen molar-refractivity contribution in [3.8, 4) is 0 Å². The van der Waals surface area contributed by atoms with E-state index < -0.39 is 35.6 Å². The van der Waals surface area contributed by atoms with E-state index in [0.717, 1.165) is 35.5 Å². The number of aryl methyl sites for hydroxylation is 1. The zero-order valence-electron chi connectivity index (χ0n) is 22.1. The highest BCUT2D eigenvalue weighted by Crippen LogP contribution is 2.34. The Hall–Kier alpha value is -2.10. The van der Waals surface area contributed by atoms with Gasteiger partial charge >= 0.3 is 5.97 Å². The predicted octanol–water partition coefficient (Wildman–Crippen LogP) is 4.32. The fourth-order valence-electron chi connectivity index (χ4n) is 5.02. The van der Waals surface area contributed by atoms with E-state index in [1.165, 1.54) is 0 Å². The minimum atomic E-state index is -1.25. The van der Waals surface area contributed by atoms with Crippen LogP contribution in [0.15, 0.2) is 16.1 Å². The Balaban J connectivity index is 1.88. The van der Waals surface area contributed by atoms with Gasteiger partial charge in [0.25, 0.3) is 0 Å². The number of carbonyl (C=O) groups is 2. The molecule has 1 aromatic heterocycles. The maximum Gasteiger partial charge on any atom is 0.309 e. The molecule has 2 N–H and O–H groups in total. The van der Waals surface area contributed by atoms with Crippen LogP contribution in [0.25, 0.3) is 6.08 Å². The molecule has 0 aliphatic carbocycles. The summed E-state index contributed by atoms with van der Waals surface area (Å²) in [6, 6.07) is 0. The van der Waals surface area contributed by atoms with Gasteiger partial charge in [-0.3, -0.25) is 9.59 Å². The minimum absolute atomic E-state index is 0.0568. The molecule has 0 spiro atoms. The molecule has 0 radical (unpaired) electrons. The number of oxime groups is 1. The number of aliphatic hydroxyl groups is 2. The molecule has 3 rings (SSSR count). The molecule has 200 valence electrons. The van der Waals surface area contributed by atoms with Crippen LogP contribution in [-0.2, 0) is 19.2 Å². The molecule has 1 aromatic rings. The van der Waals surface area contributed by atoms with Crippen molar-refractivity contribution in [2.45, 2.75) is 98.1 Å². The SMILES string of the molecule is C/C(=C\c1csc(C)n1)[C@@H]1CC2ON=CC2CCC[C@H](C)[C@H](O)[C@@H](C)C(=O)C(C)(C)[C@@H](O)CC(=O)O1. The Morgan fingerprint density at radius 2 is 1.94 bits per heavy atom. The molecular weight excluding hydrogens is 480 g/mol. The van der Waals surface area contributed by atoms with Gasteiger partial charge in [-0.15, -0.1) is 11.3 Å². The fourth-order valence-corrected chi connectivity index (χ4v) is 5.59. The first-order valence-electron chi connectivity index (χ1n) is 12.8. The third-order valence-corrected chi connectivity index (χ3v) is 8.49. The first-order valence-corrected chi connectivity index (χ1v) is 13.7. The Labute approximate surface area is 217 Å². The van der Waals surface area contributed by atoms with Crippen molar-refractivity contribution >= 4 is 35.4 Å². The Bertz CT molecular complexity index is 987. The summed E-state index contributed by atoms with van der Waals surface area (Å²) in [6.07, 6.45) is 3.25. The molecule has 2 aliphatic rings. The second-order valence-electron chi connectivity index (χ2n) is 10.9. The van der Waals surface area contributed by atoms with Gasteiger partial charge in [-0.25, -0.2) is 4.98 Å². The largest absolute Gasteiger partial charge is 0.458 e. The van der Waals surface area contributed by atoms with Crippen LogP contribution in [0.3, 0.4) is 0 Å². The summed E-state index contributed by atoms with van der Waals surface area (Å²) in [5.74, 6) is -1.57. The molecule has 8 nitrogen and oxygen atoms in total. The predicted molar refractivity (Wildman–Crippen MR) is 139 cm³/mol. The van der Waals surface area contributed by atoms with E-state index in [2.05, 4.69) is 10.1 Å². The van der Waals surface area contributed by atoms with Crippen molar-refractivity contribution in [1.29, 1.82) is 0 Å². The number of cyclic esters (lactones) is 1. The fraction of sp³-hybridized carbons (Fsp3) is 0.704. The van der Waals surface area contributed by atoms with Gasteiger partial charge in [0.2, 0.25) is 0 Å². The number of aromatic nitrogens is 1. The summed E-state index contributed by atoms with van der Waals surface area (Å²) in [5.41, 5.74) is 0.396. The van der Waals surface area contributed by atoms with Crippen LogP contribution in [0, 0.1) is 30.1 Å². The topological polar surface area (TPSA) is 118 Å². The molecular formula is C27H40N2O6S. The van der Waals surface area contributed by atoms with Gasteiger partial charge in [0.15, 0.2) is 0 Å². The second kappa shape index (κ2) is 12.0. The molecule has 0 bridgehead atoms. The lowest BCUT2D eigenvalue weighted by Gasteiger charge is -2.34. The van der Waals surface area contributed by atoms with Gasteiger partial charge in [-0.1, -0.05) is 39.3 Å². The average molecular weight is 521 g/mol. The van der Waals surface area contributed by atoms with E-state index >= 15 is 0 Å². The number of thiazole rings is 1. The van der Waals surface area contributed by atoms with E-state index in [1.807, 2.05) is 32.2 Å². The van der Waals surface area contributed by atoms with Crippen molar-refractivity contribution in [3.63, 3.8) is 0 Å². The monoisotopic (exact) mass is 520 g/mol. The van der Waals surface area contributed by atoms with Gasteiger partial charge in [0.05, 0.1) is 41.0 Å². The smallest absolute Gasteiger partial charge is 0.309 e. The molecule has 1 fully saturated rings. The van der Waals surface area contributed by atoms with E-state index in [1.54, 1.807) is 38.3 Å². The highest BCUT2D eigenvalue weighted by Gasteiger charge is 2.43. The molecule has 36 heavy (non-hydrogen) atoms. The number of Topliss-reactive ketones (excluding diaryl/α,β-unsaturated/α-hetero) is 1. The summed E-state index contributed by atoms with van der Waals surface area (Å²) in [5, 5.41) is 28.7. The summed E-state index contributed by atoms with van der Waals surface area (Å²) in [4.78, 5) is 36.4. The number of esters is 1. The second-order valence-corrected chi connectivity index (χ2v) is 12.0. The van der Waals surface area contributed by atoms with Gasteiger partial charge < -0.3 is 19.8 Å². The Morgan fingerprint density at radius 1 is 1.22 bits per heavy atom. The van der Waals surface area contributed by atoms with Crippen LogP contribution in [0.2, 0.25) is 0 Å². The lowest BCUT2D eigenvalue weighted by molar-refractivity contribution is -0.155. The van der Waals surface area contributed by atoms with Gasteiger partial charge in [0, 0.05) is 23.6 Å². The maximum absolute atomic E-state index is 13.2. The third kappa shape index (κ3) is 6.81. The quantitative estimate of drug-likeness (QED) is 0.558. The lowest BCUT2D eigenvalue weighted by Crippen LogP contribution is -2.45. The normalized spacial score (nSPS) is 34.7. The number of rotatable bonds is 2. The number of nitrogens with zero attached hydrogens (tertiary/aromatic N) is 2. The van der Waals surface area contributed by atoms with Crippen molar-refractivity contribution in [1.82, 2.24) is 4.98 Å². The molecule has 9 heteroatoms. The van der Waals surface area contributed by atoms with E-state index in [0.29, 0.717) is 6.42 Å². The zero-order valence-corrected chi connectivity index (χ0v) is 23.0. The lowest BCUT2D eigenvalue weighted by atomic mass is 9.73. The maximum atomic E-state index is 13.2. The van der Waals surface area contributed by atoms with E-state index in [4.69, 9.17) is 9.57 Å². The van der Waals surface area contributed by atoms with Crippen molar-refractivity contribution < 1.29 is 29.4 Å². The number of ketones is 1. The number of carbonyl (C=O) groups excluding carboxylic acids is 2. The van der Waals surface area contributed by atoms with Gasteiger partial charge in [-0.2, -0.15) is 0 Å². The Kier molecular flexibility index (Phi) is 9.46. The van der Waals surface area contributed by atoms with Crippen LogP contribution in [0.5, 0.6) is 0 Å². The van der Waals surface area contributed by atoms with Crippen LogP contribution in [0.4, 0.5) is 0 Å². The number of hydrogen-bond donors (Lipinski definition) is 2. The summed E-state index contributed by atoms with van der Waals surface area (Å²) >= 11 is 1.55. The van der Waals surface area contributed by atoms with Crippen LogP contribution >= 0.6 is 11.3 Å². The third-order valence-electron chi connectivity index (χ3n) is 7.70. The van der Waals surface area contributed by atoms with E-state index in [-0.39, 0.29) is 30.1 Å². The molecule has 7 atom stereocenters. The summed E-state index contributed by atoms with van der Waals surface area (Å²) in [7, 11) is 0. The molecule has 3 heterocycles. The van der Waals surface area contributed by atoms with Crippen LogP contribution in [-0.4, -0.2) is 57.6 Å².